The summed E-state index contributed by atoms with van der Waals surface area (Å²) in [7, 11) is 0. The van der Waals surface area contributed by atoms with Gasteiger partial charge in [-0.3, -0.25) is 14.5 Å². The Morgan fingerprint density at radius 3 is 2.69 bits per heavy atom. The molecule has 45 heavy (non-hydrogen) atoms. The second-order valence-electron chi connectivity index (χ2n) is 10.6. The Labute approximate surface area is 273 Å². The molecule has 2 aromatic carbocycles. The zero-order valence-electron chi connectivity index (χ0n) is 24.9. The van der Waals surface area contributed by atoms with Gasteiger partial charge in [0, 0.05) is 17.0 Å². The quantitative estimate of drug-likeness (QED) is 0.0409. The number of unbranched alkanes of at least 4 members (excludes halogenated alkanes) is 1. The Morgan fingerprint density at radius 2 is 1.91 bits per heavy atom. The molecule has 0 aliphatic carbocycles. The zero-order chi connectivity index (χ0) is 31.7. The average molecular weight is 660 g/mol. The van der Waals surface area contributed by atoms with E-state index in [9.17, 15) is 14.7 Å². The maximum Gasteiger partial charge on any atom is 0.301 e. The molecule has 1 amide bonds. The number of carbonyl (C=O) groups excluding carboxylic acids is 2. The first-order chi connectivity index (χ1) is 21.8. The molecule has 1 atom stereocenters. The number of benzene rings is 2. The number of anilines is 1. The lowest BCUT2D eigenvalue weighted by atomic mass is 9.96. The van der Waals surface area contributed by atoms with E-state index in [2.05, 4.69) is 22.1 Å². The van der Waals surface area contributed by atoms with Gasteiger partial charge >= 0.3 is 5.91 Å². The number of hydrogen-bond donors (Lipinski definition) is 1. The smallest absolute Gasteiger partial charge is 0.301 e. The highest BCUT2D eigenvalue weighted by Crippen LogP contribution is 2.45. The molecular weight excluding hydrogens is 630 g/mol. The van der Waals surface area contributed by atoms with Crippen molar-refractivity contribution < 1.29 is 19.4 Å². The van der Waals surface area contributed by atoms with Crippen LogP contribution in [0, 0.1) is 13.8 Å². The molecule has 12 heteroatoms. The lowest BCUT2D eigenvalue weighted by Gasteiger charge is -2.23. The van der Waals surface area contributed by atoms with Crippen LogP contribution in [0.5, 0.6) is 5.75 Å². The van der Waals surface area contributed by atoms with Crippen LogP contribution in [0.15, 0.2) is 76.8 Å². The number of imidazole rings is 1. The molecule has 230 valence electrons. The van der Waals surface area contributed by atoms with E-state index < -0.39 is 17.7 Å². The second-order valence-corrected chi connectivity index (χ2v) is 13.2. The Morgan fingerprint density at radius 1 is 1.09 bits per heavy atom. The molecule has 1 fully saturated rings. The minimum atomic E-state index is -0.987. The number of halogens is 1. The van der Waals surface area contributed by atoms with Crippen molar-refractivity contribution >= 4 is 62.9 Å². The van der Waals surface area contributed by atoms with E-state index in [4.69, 9.17) is 16.3 Å². The van der Waals surface area contributed by atoms with Gasteiger partial charge in [0.25, 0.3) is 5.78 Å². The maximum atomic E-state index is 13.8. The van der Waals surface area contributed by atoms with Crippen LogP contribution in [0.3, 0.4) is 0 Å². The Balaban J connectivity index is 1.44. The molecular formula is C33H30ClN5O4S2. The van der Waals surface area contributed by atoms with Gasteiger partial charge in [-0.2, -0.15) is 0 Å². The number of aliphatic hydroxyl groups is 1. The van der Waals surface area contributed by atoms with E-state index in [0.717, 1.165) is 24.0 Å². The van der Waals surface area contributed by atoms with Gasteiger partial charge in [0.2, 0.25) is 5.13 Å². The summed E-state index contributed by atoms with van der Waals surface area (Å²) in [6.45, 7) is 6.35. The number of carbonyl (C=O) groups is 2. The van der Waals surface area contributed by atoms with Crippen LogP contribution in [0.2, 0.25) is 5.02 Å². The highest BCUT2D eigenvalue weighted by molar-refractivity contribution is 8.00. The summed E-state index contributed by atoms with van der Waals surface area (Å²) in [6, 6.07) is 17.6. The molecule has 0 radical (unpaired) electrons. The van der Waals surface area contributed by atoms with Crippen molar-refractivity contribution in [2.45, 2.75) is 49.7 Å². The fourth-order valence-electron chi connectivity index (χ4n) is 5.24. The normalized spacial score (nSPS) is 16.2. The van der Waals surface area contributed by atoms with E-state index in [-0.39, 0.29) is 22.2 Å². The lowest BCUT2D eigenvalue weighted by molar-refractivity contribution is -0.132. The number of rotatable bonds is 10. The number of Topliss-reactive ketones (excluding diaryl/α,β-unsaturated/α-hetero) is 1. The topological polar surface area (TPSA) is 110 Å². The predicted molar refractivity (Wildman–Crippen MR) is 177 cm³/mol. The summed E-state index contributed by atoms with van der Waals surface area (Å²) in [6.07, 6.45) is 3.71. The lowest BCUT2D eigenvalue weighted by Crippen LogP contribution is -2.29. The standard InChI is InChI=1S/C33H30ClN5O4S2/c1-4-5-16-43-23-13-8-12-21(17-23)27-25(28(40)26-20(3)38-15-9-10-19(2)30(38)35-26)29(41)31(42)39(27)32-36-37-33(45-32)44-18-22-11-6-7-14-24(22)34/h6-15,17,27,40H,4-5,16,18H2,1-3H3/b28-25+. The molecule has 4 heterocycles. The molecule has 1 unspecified atom stereocenters. The van der Waals surface area contributed by atoms with Crippen LogP contribution >= 0.6 is 34.7 Å². The monoisotopic (exact) mass is 659 g/mol. The predicted octanol–water partition coefficient (Wildman–Crippen LogP) is 7.55. The number of amides is 1. The summed E-state index contributed by atoms with van der Waals surface area (Å²) < 4.78 is 8.42. The van der Waals surface area contributed by atoms with E-state index in [1.807, 2.05) is 66.9 Å². The first-order valence-electron chi connectivity index (χ1n) is 14.5. The summed E-state index contributed by atoms with van der Waals surface area (Å²) in [4.78, 5) is 33.6. The molecule has 0 spiro atoms. The van der Waals surface area contributed by atoms with E-state index in [1.165, 1.54) is 28.0 Å². The molecule has 1 N–H and O–H groups in total. The van der Waals surface area contributed by atoms with Crippen molar-refractivity contribution in [2.24, 2.45) is 0 Å². The maximum absolute atomic E-state index is 13.8. The van der Waals surface area contributed by atoms with Crippen molar-refractivity contribution in [1.29, 1.82) is 0 Å². The molecule has 1 aliphatic rings. The largest absolute Gasteiger partial charge is 0.505 e. The second kappa shape index (κ2) is 13.0. The molecule has 5 aromatic rings. The number of ether oxygens (including phenoxy) is 1. The average Bonchev–Trinajstić information content (AvgIpc) is 3.72. The first-order valence-corrected chi connectivity index (χ1v) is 16.6. The van der Waals surface area contributed by atoms with E-state index in [0.29, 0.717) is 44.4 Å². The molecule has 6 rings (SSSR count). The minimum Gasteiger partial charge on any atom is -0.505 e. The van der Waals surface area contributed by atoms with Gasteiger partial charge in [0.05, 0.1) is 23.9 Å². The van der Waals surface area contributed by atoms with Crippen molar-refractivity contribution in [3.8, 4) is 5.75 Å². The van der Waals surface area contributed by atoms with Gasteiger partial charge < -0.3 is 14.2 Å². The third-order valence-electron chi connectivity index (χ3n) is 7.60. The summed E-state index contributed by atoms with van der Waals surface area (Å²) in [5, 5.41) is 21.3. The SMILES string of the molecule is CCCCOc1cccc(C2/C(=C(\O)c3nc4c(C)cccn4c3C)C(=O)C(=O)N2c2nnc(SCc3ccccc3Cl)s2)c1. The fourth-order valence-corrected chi connectivity index (χ4v) is 7.39. The summed E-state index contributed by atoms with van der Waals surface area (Å²) >= 11 is 8.96. The van der Waals surface area contributed by atoms with E-state index in [1.54, 1.807) is 18.2 Å². The fraction of sp³-hybridized carbons (Fsp3) is 0.242. The van der Waals surface area contributed by atoms with Crippen LogP contribution in [-0.4, -0.2) is 43.0 Å². The van der Waals surface area contributed by atoms with E-state index >= 15 is 0 Å². The highest BCUT2D eigenvalue weighted by Gasteiger charge is 2.49. The van der Waals surface area contributed by atoms with Gasteiger partial charge in [-0.25, -0.2) is 4.98 Å². The van der Waals surface area contributed by atoms with Crippen LogP contribution in [0.1, 0.15) is 53.9 Å². The molecule has 9 nitrogen and oxygen atoms in total. The van der Waals surface area contributed by atoms with Crippen molar-refractivity contribution in [3.63, 3.8) is 0 Å². The Bertz CT molecular complexity index is 1950. The third kappa shape index (κ3) is 5.95. The third-order valence-corrected chi connectivity index (χ3v) is 10.1. The van der Waals surface area contributed by atoms with Gasteiger partial charge in [0.1, 0.15) is 17.1 Å². The molecule has 0 bridgehead atoms. The van der Waals surface area contributed by atoms with Gasteiger partial charge in [-0.15, -0.1) is 10.2 Å². The first kappa shape index (κ1) is 30.8. The molecule has 0 saturated carbocycles. The summed E-state index contributed by atoms with van der Waals surface area (Å²) in [5.74, 6) is -0.838. The highest BCUT2D eigenvalue weighted by atomic mass is 35.5. The number of aryl methyl sites for hydroxylation is 2. The number of aliphatic hydroxyl groups excluding tert-OH is 1. The van der Waals surface area contributed by atoms with Crippen LogP contribution < -0.4 is 9.64 Å². The van der Waals surface area contributed by atoms with Gasteiger partial charge in [-0.05, 0) is 61.2 Å². The van der Waals surface area contributed by atoms with Gasteiger partial charge in [-0.1, -0.05) is 84.4 Å². The summed E-state index contributed by atoms with van der Waals surface area (Å²) in [5.41, 5.74) is 3.89. The number of pyridine rings is 1. The number of nitrogens with zero attached hydrogens (tertiary/aromatic N) is 5. The number of aromatic nitrogens is 4. The van der Waals surface area contributed by atoms with Gasteiger partial charge in [0.15, 0.2) is 10.1 Å². The van der Waals surface area contributed by atoms with Crippen molar-refractivity contribution in [3.05, 3.63) is 106 Å². The van der Waals surface area contributed by atoms with Crippen molar-refractivity contribution in [1.82, 2.24) is 19.6 Å². The Kier molecular flexibility index (Phi) is 8.93. The number of ketones is 1. The zero-order valence-corrected chi connectivity index (χ0v) is 27.2. The van der Waals surface area contributed by atoms with Crippen molar-refractivity contribution in [2.75, 3.05) is 11.5 Å². The van der Waals surface area contributed by atoms with Crippen LogP contribution in [0.25, 0.3) is 11.4 Å². The molecule has 3 aromatic heterocycles. The molecule has 1 aliphatic heterocycles. The number of fused-ring (bicyclic) bond motifs is 1. The Hall–Kier alpha value is -4.19. The van der Waals surface area contributed by atoms with Crippen LogP contribution in [-0.2, 0) is 15.3 Å². The van der Waals surface area contributed by atoms with Crippen LogP contribution in [0.4, 0.5) is 5.13 Å². The minimum absolute atomic E-state index is 0.0738. The number of thioether (sulfide) groups is 1. The molecule has 1 saturated heterocycles. The number of hydrogen-bond acceptors (Lipinski definition) is 9.